The second-order valence-corrected chi connectivity index (χ2v) is 2.40. The van der Waals surface area contributed by atoms with Crippen molar-refractivity contribution < 1.29 is 0 Å². The van der Waals surface area contributed by atoms with E-state index in [0.717, 1.165) is 18.7 Å². The number of hydrogen-bond acceptors (Lipinski definition) is 1. The standard InChI is InChI=1S/C9H14N2/c1-3-5-7-11-8-6-10-9(11)4-2/h5-8H,3-4H2,1-2H3/b7-5-. The fourth-order valence-electron chi connectivity index (χ4n) is 0.972. The first-order valence-electron chi connectivity index (χ1n) is 4.06. The quantitative estimate of drug-likeness (QED) is 0.646. The normalized spacial score (nSPS) is 11.1. The van der Waals surface area contributed by atoms with Crippen LogP contribution in [-0.4, -0.2) is 9.55 Å². The predicted octanol–water partition coefficient (Wildman–Crippen LogP) is 2.33. The topological polar surface area (TPSA) is 17.8 Å². The number of imidazole rings is 1. The molecule has 2 heteroatoms. The molecular weight excluding hydrogens is 136 g/mol. The van der Waals surface area contributed by atoms with Crippen LogP contribution in [0.15, 0.2) is 18.5 Å². The zero-order valence-corrected chi connectivity index (χ0v) is 7.12. The van der Waals surface area contributed by atoms with E-state index in [-0.39, 0.29) is 0 Å². The highest BCUT2D eigenvalue weighted by molar-refractivity contribution is 5.24. The minimum absolute atomic E-state index is 0.987. The Morgan fingerprint density at radius 2 is 2.36 bits per heavy atom. The molecule has 0 spiro atoms. The van der Waals surface area contributed by atoms with Crippen molar-refractivity contribution in [2.75, 3.05) is 0 Å². The van der Waals surface area contributed by atoms with E-state index in [2.05, 4.69) is 35.7 Å². The minimum atomic E-state index is 0.987. The van der Waals surface area contributed by atoms with Gasteiger partial charge < -0.3 is 4.57 Å². The number of hydrogen-bond donors (Lipinski definition) is 0. The van der Waals surface area contributed by atoms with Crippen molar-refractivity contribution >= 4 is 6.20 Å². The summed E-state index contributed by atoms with van der Waals surface area (Å²) in [6.07, 6.45) is 10.1. The van der Waals surface area contributed by atoms with E-state index < -0.39 is 0 Å². The Balaban J connectivity index is 2.76. The Bertz CT molecular complexity index is 235. The molecule has 1 aromatic rings. The smallest absolute Gasteiger partial charge is 0.112 e. The van der Waals surface area contributed by atoms with Gasteiger partial charge in [0.15, 0.2) is 0 Å². The van der Waals surface area contributed by atoms with Crippen molar-refractivity contribution in [1.29, 1.82) is 0 Å². The largest absolute Gasteiger partial charge is 0.311 e. The van der Waals surface area contributed by atoms with Gasteiger partial charge in [-0.15, -0.1) is 0 Å². The van der Waals surface area contributed by atoms with Crippen LogP contribution in [0, 0.1) is 0 Å². The fraction of sp³-hybridized carbons (Fsp3) is 0.444. The molecule has 0 aliphatic rings. The molecule has 0 unspecified atom stereocenters. The van der Waals surface area contributed by atoms with Crippen molar-refractivity contribution in [2.24, 2.45) is 0 Å². The molecule has 1 heterocycles. The predicted molar refractivity (Wildman–Crippen MR) is 47.2 cm³/mol. The van der Waals surface area contributed by atoms with E-state index in [0.29, 0.717) is 0 Å². The molecule has 0 aliphatic heterocycles. The zero-order valence-electron chi connectivity index (χ0n) is 7.12. The van der Waals surface area contributed by atoms with Crippen LogP contribution in [0.4, 0.5) is 0 Å². The zero-order chi connectivity index (χ0) is 8.10. The fourth-order valence-corrected chi connectivity index (χ4v) is 0.972. The van der Waals surface area contributed by atoms with E-state index in [1.54, 1.807) is 0 Å². The molecular formula is C9H14N2. The maximum absolute atomic E-state index is 4.20. The summed E-state index contributed by atoms with van der Waals surface area (Å²) >= 11 is 0. The highest BCUT2D eigenvalue weighted by Crippen LogP contribution is 1.99. The summed E-state index contributed by atoms with van der Waals surface area (Å²) in [5, 5.41) is 0. The van der Waals surface area contributed by atoms with E-state index in [1.807, 2.05) is 12.4 Å². The lowest BCUT2D eigenvalue weighted by atomic mass is 10.4. The van der Waals surface area contributed by atoms with Gasteiger partial charge in [0, 0.05) is 25.0 Å². The lowest BCUT2D eigenvalue weighted by Gasteiger charge is -1.96. The summed E-state index contributed by atoms with van der Waals surface area (Å²) in [6.45, 7) is 4.23. The molecule has 0 radical (unpaired) electrons. The number of aromatic nitrogens is 2. The first-order chi connectivity index (χ1) is 5.38. The van der Waals surface area contributed by atoms with Crippen LogP contribution in [0.2, 0.25) is 0 Å². The molecule has 0 bridgehead atoms. The molecule has 1 rings (SSSR count). The highest BCUT2D eigenvalue weighted by Gasteiger charge is 1.93. The molecule has 0 N–H and O–H groups in total. The average Bonchev–Trinajstić information content (AvgIpc) is 2.47. The molecule has 0 fully saturated rings. The number of nitrogens with zero attached hydrogens (tertiary/aromatic N) is 2. The van der Waals surface area contributed by atoms with Crippen molar-refractivity contribution in [3.63, 3.8) is 0 Å². The molecule has 0 amide bonds. The molecule has 0 atom stereocenters. The Labute approximate surface area is 67.6 Å². The minimum Gasteiger partial charge on any atom is -0.311 e. The highest BCUT2D eigenvalue weighted by atomic mass is 15.0. The van der Waals surface area contributed by atoms with Crippen LogP contribution in [0.5, 0.6) is 0 Å². The summed E-state index contributed by atoms with van der Waals surface area (Å²) in [7, 11) is 0. The molecule has 1 aromatic heterocycles. The van der Waals surface area contributed by atoms with Crippen molar-refractivity contribution in [3.05, 3.63) is 24.3 Å². The van der Waals surface area contributed by atoms with Gasteiger partial charge in [0.05, 0.1) is 0 Å². The van der Waals surface area contributed by atoms with Gasteiger partial charge in [-0.3, -0.25) is 0 Å². The van der Waals surface area contributed by atoms with Crippen LogP contribution in [0.3, 0.4) is 0 Å². The van der Waals surface area contributed by atoms with Gasteiger partial charge in [-0.25, -0.2) is 4.98 Å². The summed E-state index contributed by atoms with van der Waals surface area (Å²) in [5.74, 6) is 1.12. The molecule has 11 heavy (non-hydrogen) atoms. The van der Waals surface area contributed by atoms with E-state index >= 15 is 0 Å². The molecule has 60 valence electrons. The number of rotatable bonds is 3. The Hall–Kier alpha value is -1.05. The molecule has 0 aliphatic carbocycles. The van der Waals surface area contributed by atoms with E-state index in [1.165, 1.54) is 0 Å². The van der Waals surface area contributed by atoms with Crippen LogP contribution in [0.1, 0.15) is 26.1 Å². The van der Waals surface area contributed by atoms with Crippen molar-refractivity contribution in [3.8, 4) is 0 Å². The Morgan fingerprint density at radius 1 is 1.55 bits per heavy atom. The van der Waals surface area contributed by atoms with E-state index in [9.17, 15) is 0 Å². The summed E-state index contributed by atoms with van der Waals surface area (Å²) in [5.41, 5.74) is 0. The van der Waals surface area contributed by atoms with Gasteiger partial charge in [0.25, 0.3) is 0 Å². The van der Waals surface area contributed by atoms with E-state index in [4.69, 9.17) is 0 Å². The SMILES string of the molecule is CC/C=C\n1ccnc1CC. The number of allylic oxidation sites excluding steroid dienone is 1. The van der Waals surface area contributed by atoms with Crippen LogP contribution in [0.25, 0.3) is 6.20 Å². The summed E-state index contributed by atoms with van der Waals surface area (Å²) < 4.78 is 2.06. The van der Waals surface area contributed by atoms with Gasteiger partial charge >= 0.3 is 0 Å². The second kappa shape index (κ2) is 3.96. The Kier molecular flexibility index (Phi) is 2.90. The average molecular weight is 150 g/mol. The van der Waals surface area contributed by atoms with Crippen molar-refractivity contribution in [1.82, 2.24) is 9.55 Å². The number of aryl methyl sites for hydroxylation is 1. The second-order valence-electron chi connectivity index (χ2n) is 2.40. The maximum atomic E-state index is 4.20. The first-order valence-corrected chi connectivity index (χ1v) is 4.06. The van der Waals surface area contributed by atoms with Gasteiger partial charge in [-0.2, -0.15) is 0 Å². The van der Waals surface area contributed by atoms with Gasteiger partial charge in [0.1, 0.15) is 5.82 Å². The van der Waals surface area contributed by atoms with Gasteiger partial charge in [-0.1, -0.05) is 19.9 Å². The maximum Gasteiger partial charge on any atom is 0.112 e. The lowest BCUT2D eigenvalue weighted by Crippen LogP contribution is -1.92. The molecule has 0 saturated heterocycles. The Morgan fingerprint density at radius 3 is 3.00 bits per heavy atom. The third-order valence-corrected chi connectivity index (χ3v) is 1.57. The van der Waals surface area contributed by atoms with Crippen LogP contribution >= 0.6 is 0 Å². The first kappa shape index (κ1) is 8.05. The molecule has 2 nitrogen and oxygen atoms in total. The summed E-state index contributed by atoms with van der Waals surface area (Å²) in [6, 6.07) is 0. The third kappa shape index (κ3) is 1.93. The lowest BCUT2D eigenvalue weighted by molar-refractivity contribution is 0.921. The van der Waals surface area contributed by atoms with Crippen molar-refractivity contribution in [2.45, 2.75) is 26.7 Å². The summed E-state index contributed by atoms with van der Waals surface area (Å²) in [4.78, 5) is 4.20. The van der Waals surface area contributed by atoms with Crippen LogP contribution < -0.4 is 0 Å². The molecule has 0 aromatic carbocycles. The van der Waals surface area contributed by atoms with Gasteiger partial charge in [-0.05, 0) is 6.42 Å². The van der Waals surface area contributed by atoms with Gasteiger partial charge in [0.2, 0.25) is 0 Å². The van der Waals surface area contributed by atoms with Crippen LogP contribution in [-0.2, 0) is 6.42 Å². The third-order valence-electron chi connectivity index (χ3n) is 1.57. The molecule has 0 saturated carbocycles. The monoisotopic (exact) mass is 150 g/mol.